The number of hydrogen-bond acceptors (Lipinski definition) is 2. The third-order valence-corrected chi connectivity index (χ3v) is 2.42. The Labute approximate surface area is 78.9 Å². The van der Waals surface area contributed by atoms with Gasteiger partial charge in [0.05, 0.1) is 0 Å². The molecule has 1 atom stereocenters. The van der Waals surface area contributed by atoms with Crippen LogP contribution in [0, 0.1) is 0 Å². The Balaban J connectivity index is 2.47. The van der Waals surface area contributed by atoms with Crippen LogP contribution in [0.1, 0.15) is 45.4 Å². The van der Waals surface area contributed by atoms with Crippen molar-refractivity contribution in [3.8, 4) is 0 Å². The van der Waals surface area contributed by atoms with Crippen LogP contribution in [0.4, 0.5) is 0 Å². The van der Waals surface area contributed by atoms with Gasteiger partial charge in [-0.2, -0.15) is 0 Å². The van der Waals surface area contributed by atoms with Crippen LogP contribution >= 0.6 is 0 Å². The van der Waals surface area contributed by atoms with Crippen molar-refractivity contribution in [3.05, 3.63) is 0 Å². The highest BCUT2D eigenvalue weighted by atomic mass is 16.2. The van der Waals surface area contributed by atoms with Gasteiger partial charge < -0.3 is 5.32 Å². The largest absolute Gasteiger partial charge is 0.347 e. The average molecular weight is 183 g/mol. The second-order valence-electron chi connectivity index (χ2n) is 3.75. The lowest BCUT2D eigenvalue weighted by Gasteiger charge is -2.14. The Morgan fingerprint density at radius 2 is 1.85 bits per heavy atom. The van der Waals surface area contributed by atoms with Crippen LogP contribution in [0.2, 0.25) is 0 Å². The third-order valence-electron chi connectivity index (χ3n) is 2.42. The molecule has 3 nitrogen and oxygen atoms in total. The Bertz CT molecular complexity index is 201. The van der Waals surface area contributed by atoms with Crippen molar-refractivity contribution in [2.24, 2.45) is 0 Å². The zero-order valence-corrected chi connectivity index (χ0v) is 8.14. The summed E-state index contributed by atoms with van der Waals surface area (Å²) in [6.45, 7) is 1.95. The molecule has 0 spiro atoms. The minimum Gasteiger partial charge on any atom is -0.347 e. The van der Waals surface area contributed by atoms with E-state index < -0.39 is 5.91 Å². The van der Waals surface area contributed by atoms with E-state index in [1.54, 1.807) is 0 Å². The summed E-state index contributed by atoms with van der Waals surface area (Å²) in [4.78, 5) is 22.3. The molecule has 1 unspecified atom stereocenters. The minimum atomic E-state index is -0.394. The summed E-state index contributed by atoms with van der Waals surface area (Å²) in [5, 5.41) is 2.71. The molecule has 1 amide bonds. The molecule has 0 aromatic carbocycles. The van der Waals surface area contributed by atoms with Gasteiger partial charge in [-0.15, -0.1) is 0 Å². The first kappa shape index (κ1) is 10.2. The van der Waals surface area contributed by atoms with Gasteiger partial charge in [0.1, 0.15) is 0 Å². The fourth-order valence-electron chi connectivity index (χ4n) is 1.58. The van der Waals surface area contributed by atoms with Crippen LogP contribution < -0.4 is 5.32 Å². The van der Waals surface area contributed by atoms with Crippen LogP contribution in [0.3, 0.4) is 0 Å². The maximum Gasteiger partial charge on any atom is 0.287 e. The molecule has 0 aromatic heterocycles. The molecule has 1 rings (SSSR count). The summed E-state index contributed by atoms with van der Waals surface area (Å²) in [7, 11) is 0. The molecule has 0 radical (unpaired) electrons. The van der Waals surface area contributed by atoms with E-state index in [1.165, 1.54) is 6.42 Å². The smallest absolute Gasteiger partial charge is 0.287 e. The topological polar surface area (TPSA) is 46.2 Å². The number of nitrogens with one attached hydrogen (secondary N) is 1. The maximum absolute atomic E-state index is 11.2. The standard InChI is InChI=1S/C10H17NO2/c1-8-6-4-2-3-5-7-9(12)10(13)11-8/h8H,2-7H2,1H3,(H,11,13). The number of rotatable bonds is 0. The van der Waals surface area contributed by atoms with E-state index in [2.05, 4.69) is 5.32 Å². The van der Waals surface area contributed by atoms with Crippen LogP contribution in [-0.4, -0.2) is 17.7 Å². The number of amides is 1. The molecule has 1 N–H and O–H groups in total. The first-order valence-electron chi connectivity index (χ1n) is 5.04. The fourth-order valence-corrected chi connectivity index (χ4v) is 1.58. The molecule has 3 heteroatoms. The maximum atomic E-state index is 11.2. The first-order chi connectivity index (χ1) is 6.20. The van der Waals surface area contributed by atoms with Crippen molar-refractivity contribution in [2.45, 2.75) is 51.5 Å². The lowest BCUT2D eigenvalue weighted by molar-refractivity contribution is -0.138. The van der Waals surface area contributed by atoms with Gasteiger partial charge in [0, 0.05) is 12.5 Å². The molecule has 0 bridgehead atoms. The van der Waals surface area contributed by atoms with Gasteiger partial charge in [-0.1, -0.05) is 19.3 Å². The van der Waals surface area contributed by atoms with Crippen LogP contribution in [0.5, 0.6) is 0 Å². The Kier molecular flexibility index (Phi) is 3.93. The highest BCUT2D eigenvalue weighted by Crippen LogP contribution is 2.09. The van der Waals surface area contributed by atoms with Gasteiger partial charge in [0.2, 0.25) is 5.78 Å². The monoisotopic (exact) mass is 183 g/mol. The van der Waals surface area contributed by atoms with E-state index in [1.807, 2.05) is 6.92 Å². The molecule has 74 valence electrons. The fraction of sp³-hybridized carbons (Fsp3) is 0.800. The number of ketones is 1. The van der Waals surface area contributed by atoms with Crippen molar-refractivity contribution in [1.29, 1.82) is 0 Å². The minimum absolute atomic E-state index is 0.148. The van der Waals surface area contributed by atoms with Gasteiger partial charge >= 0.3 is 0 Å². The quantitative estimate of drug-likeness (QED) is 0.577. The average Bonchev–Trinajstić information content (AvgIpc) is 2.09. The Morgan fingerprint density at radius 1 is 1.15 bits per heavy atom. The van der Waals surface area contributed by atoms with Gasteiger partial charge in [0.25, 0.3) is 5.91 Å². The van der Waals surface area contributed by atoms with E-state index in [4.69, 9.17) is 0 Å². The van der Waals surface area contributed by atoms with Crippen LogP contribution in [0.15, 0.2) is 0 Å². The van der Waals surface area contributed by atoms with E-state index in [-0.39, 0.29) is 11.8 Å². The van der Waals surface area contributed by atoms with Gasteiger partial charge in [0.15, 0.2) is 0 Å². The zero-order chi connectivity index (χ0) is 9.68. The number of hydrogen-bond donors (Lipinski definition) is 1. The van der Waals surface area contributed by atoms with Crippen molar-refractivity contribution < 1.29 is 9.59 Å². The molecule has 13 heavy (non-hydrogen) atoms. The lowest BCUT2D eigenvalue weighted by atomic mass is 10.0. The summed E-state index contributed by atoms with van der Waals surface area (Å²) < 4.78 is 0. The summed E-state index contributed by atoms with van der Waals surface area (Å²) in [5.41, 5.74) is 0. The van der Waals surface area contributed by atoms with E-state index in [9.17, 15) is 9.59 Å². The third kappa shape index (κ3) is 3.57. The number of Topliss-reactive ketones (excluding diaryl/α,β-unsaturated/α-hetero) is 1. The SMILES string of the molecule is CC1CCCCCCC(=O)C(=O)N1. The van der Waals surface area contributed by atoms with Crippen molar-refractivity contribution in [3.63, 3.8) is 0 Å². The molecular weight excluding hydrogens is 166 g/mol. The molecule has 1 saturated heterocycles. The predicted octanol–water partition coefficient (Wildman–Crippen LogP) is 1.41. The van der Waals surface area contributed by atoms with E-state index in [0.29, 0.717) is 6.42 Å². The summed E-state index contributed by atoms with van der Waals surface area (Å²) in [6, 6.07) is 0.148. The zero-order valence-electron chi connectivity index (χ0n) is 8.14. The highest BCUT2D eigenvalue weighted by molar-refractivity contribution is 6.36. The van der Waals surface area contributed by atoms with E-state index >= 15 is 0 Å². The molecule has 0 aliphatic carbocycles. The molecule has 1 heterocycles. The number of carbonyl (C=O) groups excluding carboxylic acids is 2. The molecule has 1 aliphatic heterocycles. The Hall–Kier alpha value is -0.860. The molecule has 0 aromatic rings. The molecular formula is C10H17NO2. The van der Waals surface area contributed by atoms with Crippen LogP contribution in [0.25, 0.3) is 0 Å². The predicted molar refractivity (Wildman–Crippen MR) is 50.3 cm³/mol. The normalized spacial score (nSPS) is 26.7. The van der Waals surface area contributed by atoms with Gasteiger partial charge in [-0.25, -0.2) is 0 Å². The highest BCUT2D eigenvalue weighted by Gasteiger charge is 2.16. The lowest BCUT2D eigenvalue weighted by Crippen LogP contribution is -2.37. The van der Waals surface area contributed by atoms with Crippen molar-refractivity contribution >= 4 is 11.7 Å². The second-order valence-corrected chi connectivity index (χ2v) is 3.75. The second kappa shape index (κ2) is 5.00. The van der Waals surface area contributed by atoms with Crippen LogP contribution in [-0.2, 0) is 9.59 Å². The molecule has 0 saturated carbocycles. The van der Waals surface area contributed by atoms with E-state index in [0.717, 1.165) is 25.7 Å². The van der Waals surface area contributed by atoms with Crippen molar-refractivity contribution in [1.82, 2.24) is 5.32 Å². The summed E-state index contributed by atoms with van der Waals surface area (Å²) >= 11 is 0. The first-order valence-corrected chi connectivity index (χ1v) is 5.04. The van der Waals surface area contributed by atoms with Gasteiger partial charge in [-0.05, 0) is 19.8 Å². The number of carbonyl (C=O) groups is 2. The van der Waals surface area contributed by atoms with Gasteiger partial charge in [-0.3, -0.25) is 9.59 Å². The van der Waals surface area contributed by atoms with Crippen molar-refractivity contribution in [2.75, 3.05) is 0 Å². The molecule has 1 fully saturated rings. The molecule has 1 aliphatic rings. The Morgan fingerprint density at radius 3 is 2.62 bits per heavy atom. The summed E-state index contributed by atoms with van der Waals surface area (Å²) in [6.07, 6.45) is 5.66. The summed E-state index contributed by atoms with van der Waals surface area (Å²) in [5.74, 6) is -0.650.